The van der Waals surface area contributed by atoms with Crippen molar-refractivity contribution in [2.24, 2.45) is 11.1 Å². The molecule has 0 fully saturated rings. The lowest BCUT2D eigenvalue weighted by atomic mass is 9.87. The lowest BCUT2D eigenvalue weighted by Gasteiger charge is -2.26. The summed E-state index contributed by atoms with van der Waals surface area (Å²) in [7, 11) is 0. The van der Waals surface area contributed by atoms with Gasteiger partial charge in [0.05, 0.1) is 11.7 Å². The van der Waals surface area contributed by atoms with Crippen LogP contribution in [0.4, 0.5) is 5.69 Å². The molecule has 0 aliphatic carbocycles. The Morgan fingerprint density at radius 3 is 2.57 bits per heavy atom. The Hall–Kier alpha value is -2.21. The number of nitrogens with one attached hydrogen (secondary N) is 2. The summed E-state index contributed by atoms with van der Waals surface area (Å²) in [6.45, 7) is 7.62. The third-order valence-electron chi connectivity index (χ3n) is 3.24. The van der Waals surface area contributed by atoms with Gasteiger partial charge >= 0.3 is 0 Å². The van der Waals surface area contributed by atoms with Crippen LogP contribution >= 0.6 is 0 Å². The summed E-state index contributed by atoms with van der Waals surface area (Å²) in [5.41, 5.74) is 7.09. The zero-order valence-corrected chi connectivity index (χ0v) is 12.8. The zero-order valence-electron chi connectivity index (χ0n) is 12.8. The van der Waals surface area contributed by atoms with E-state index in [9.17, 15) is 4.79 Å². The fraction of sp³-hybridized carbons (Fsp3) is 0.400. The van der Waals surface area contributed by atoms with Crippen LogP contribution < -0.4 is 11.1 Å². The number of anilines is 1. The molecule has 1 aromatic heterocycles. The molecule has 4 N–H and O–H groups in total. The molecule has 0 aliphatic rings. The summed E-state index contributed by atoms with van der Waals surface area (Å²) in [6, 6.07) is 6.80. The minimum Gasteiger partial charge on any atom is -0.324 e. The Balaban J connectivity index is 2.28. The number of para-hydroxylation sites is 1. The van der Waals surface area contributed by atoms with Crippen molar-refractivity contribution >= 4 is 11.6 Å². The van der Waals surface area contributed by atoms with Gasteiger partial charge in [-0.2, -0.15) is 5.10 Å². The minimum absolute atomic E-state index is 0.220. The van der Waals surface area contributed by atoms with Crippen molar-refractivity contribution < 1.29 is 4.79 Å². The lowest BCUT2D eigenvalue weighted by Crippen LogP contribution is -2.45. The number of carbonyl (C=O) groups is 1. The van der Waals surface area contributed by atoms with Crippen molar-refractivity contribution in [3.63, 3.8) is 0 Å². The summed E-state index contributed by atoms with van der Waals surface area (Å²) >= 11 is 0. The van der Waals surface area contributed by atoms with Crippen LogP contribution in [0.15, 0.2) is 24.3 Å². The fourth-order valence-corrected chi connectivity index (χ4v) is 1.85. The summed E-state index contributed by atoms with van der Waals surface area (Å²) in [5.74, 6) is 1.05. The number of benzene rings is 1. The van der Waals surface area contributed by atoms with Gasteiger partial charge in [0, 0.05) is 5.56 Å². The molecule has 6 nitrogen and oxygen atoms in total. The fourth-order valence-electron chi connectivity index (χ4n) is 1.85. The molecule has 0 saturated heterocycles. The first kappa shape index (κ1) is 15.2. The van der Waals surface area contributed by atoms with Crippen LogP contribution in [0.5, 0.6) is 0 Å². The van der Waals surface area contributed by atoms with Crippen LogP contribution in [0.25, 0.3) is 11.4 Å². The van der Waals surface area contributed by atoms with Crippen LogP contribution in [0.3, 0.4) is 0 Å². The van der Waals surface area contributed by atoms with Gasteiger partial charge in [-0.25, -0.2) is 4.98 Å². The quantitative estimate of drug-likeness (QED) is 0.805. The van der Waals surface area contributed by atoms with E-state index < -0.39 is 6.04 Å². The van der Waals surface area contributed by atoms with Crippen molar-refractivity contribution in [1.82, 2.24) is 15.2 Å². The number of hydrogen-bond acceptors (Lipinski definition) is 4. The smallest absolute Gasteiger partial charge is 0.241 e. The van der Waals surface area contributed by atoms with Gasteiger partial charge in [-0.05, 0) is 24.5 Å². The zero-order chi connectivity index (χ0) is 15.6. The van der Waals surface area contributed by atoms with E-state index in [1.807, 2.05) is 52.0 Å². The molecule has 1 atom stereocenters. The highest BCUT2D eigenvalue weighted by atomic mass is 16.2. The van der Waals surface area contributed by atoms with Crippen molar-refractivity contribution in [3.8, 4) is 11.4 Å². The van der Waals surface area contributed by atoms with E-state index in [1.54, 1.807) is 0 Å². The first-order chi connectivity index (χ1) is 9.79. The molecule has 21 heavy (non-hydrogen) atoms. The van der Waals surface area contributed by atoms with Crippen molar-refractivity contribution in [1.29, 1.82) is 0 Å². The summed E-state index contributed by atoms with van der Waals surface area (Å²) in [6.07, 6.45) is 0. The van der Waals surface area contributed by atoms with Crippen LogP contribution in [0, 0.1) is 12.3 Å². The highest BCUT2D eigenvalue weighted by Crippen LogP contribution is 2.26. The molecule has 0 spiro atoms. The van der Waals surface area contributed by atoms with E-state index in [0.717, 1.165) is 11.4 Å². The maximum Gasteiger partial charge on any atom is 0.241 e. The number of rotatable bonds is 3. The van der Waals surface area contributed by atoms with Crippen LogP contribution in [-0.2, 0) is 4.79 Å². The second-order valence-electron chi connectivity index (χ2n) is 6.12. The van der Waals surface area contributed by atoms with Crippen molar-refractivity contribution in [2.45, 2.75) is 33.7 Å². The van der Waals surface area contributed by atoms with E-state index in [2.05, 4.69) is 20.5 Å². The summed E-state index contributed by atoms with van der Waals surface area (Å²) in [5, 5.41) is 9.79. The Morgan fingerprint density at radius 1 is 1.33 bits per heavy atom. The number of aromatic nitrogens is 3. The first-order valence-electron chi connectivity index (χ1n) is 6.84. The van der Waals surface area contributed by atoms with E-state index in [4.69, 9.17) is 5.73 Å². The molecule has 2 rings (SSSR count). The lowest BCUT2D eigenvalue weighted by molar-refractivity contribution is -0.119. The molecule has 1 aromatic carbocycles. The number of aromatic amines is 1. The average molecular weight is 287 g/mol. The number of nitrogens with zero attached hydrogens (tertiary/aromatic N) is 2. The normalized spacial score (nSPS) is 13.0. The predicted octanol–water partition coefficient (Wildman–Crippen LogP) is 2.09. The van der Waals surface area contributed by atoms with Gasteiger partial charge in [0.2, 0.25) is 5.91 Å². The number of nitrogens with two attached hydrogens (primary N) is 1. The van der Waals surface area contributed by atoms with E-state index in [0.29, 0.717) is 11.5 Å². The van der Waals surface area contributed by atoms with Gasteiger partial charge in [-0.3, -0.25) is 9.89 Å². The van der Waals surface area contributed by atoms with E-state index in [1.165, 1.54) is 0 Å². The third-order valence-corrected chi connectivity index (χ3v) is 3.24. The summed E-state index contributed by atoms with van der Waals surface area (Å²) in [4.78, 5) is 16.6. The van der Waals surface area contributed by atoms with Gasteiger partial charge in [0.25, 0.3) is 0 Å². The second-order valence-corrected chi connectivity index (χ2v) is 6.12. The largest absolute Gasteiger partial charge is 0.324 e. The minimum atomic E-state index is -0.598. The molecule has 0 aliphatic heterocycles. The van der Waals surface area contributed by atoms with Crippen molar-refractivity contribution in [3.05, 3.63) is 30.1 Å². The van der Waals surface area contributed by atoms with Gasteiger partial charge in [-0.1, -0.05) is 32.9 Å². The number of carbonyl (C=O) groups excluding carboxylic acids is 1. The molecule has 1 heterocycles. The van der Waals surface area contributed by atoms with Gasteiger partial charge in [0.1, 0.15) is 5.82 Å². The molecule has 0 unspecified atom stereocenters. The molecule has 0 saturated carbocycles. The molecule has 0 bridgehead atoms. The van der Waals surface area contributed by atoms with E-state index >= 15 is 0 Å². The number of aryl methyl sites for hydroxylation is 1. The number of amides is 1. The average Bonchev–Trinajstić information content (AvgIpc) is 2.84. The Kier molecular flexibility index (Phi) is 4.09. The maximum absolute atomic E-state index is 12.3. The molecular formula is C15H21N5O. The monoisotopic (exact) mass is 287 g/mol. The van der Waals surface area contributed by atoms with Crippen LogP contribution in [0.1, 0.15) is 26.6 Å². The number of H-pyrrole nitrogens is 1. The molecule has 1 amide bonds. The second kappa shape index (κ2) is 5.65. The van der Waals surface area contributed by atoms with Crippen LogP contribution in [0.2, 0.25) is 0 Å². The molecule has 0 radical (unpaired) electrons. The highest BCUT2D eigenvalue weighted by Gasteiger charge is 2.28. The van der Waals surface area contributed by atoms with Crippen molar-refractivity contribution in [2.75, 3.05) is 5.32 Å². The topological polar surface area (TPSA) is 96.7 Å². The summed E-state index contributed by atoms with van der Waals surface area (Å²) < 4.78 is 0. The van der Waals surface area contributed by atoms with Gasteiger partial charge < -0.3 is 11.1 Å². The van der Waals surface area contributed by atoms with Gasteiger partial charge in [0.15, 0.2) is 5.82 Å². The van der Waals surface area contributed by atoms with Crippen LogP contribution in [-0.4, -0.2) is 27.1 Å². The Labute approximate surface area is 124 Å². The molecule has 2 aromatic rings. The SMILES string of the molecule is Cc1nc(-c2ccccc2NC(=O)[C@@H](N)C(C)(C)C)n[nH]1. The molecular weight excluding hydrogens is 266 g/mol. The first-order valence-corrected chi connectivity index (χ1v) is 6.84. The predicted molar refractivity (Wildman–Crippen MR) is 82.6 cm³/mol. The van der Waals surface area contributed by atoms with E-state index in [-0.39, 0.29) is 11.3 Å². The Bertz CT molecular complexity index is 642. The van der Waals surface area contributed by atoms with Gasteiger partial charge in [-0.15, -0.1) is 0 Å². The number of hydrogen-bond donors (Lipinski definition) is 3. The standard InChI is InChI=1S/C15H21N5O/c1-9-17-13(20-19-9)10-7-5-6-8-11(10)18-14(21)12(16)15(2,3)4/h5-8,12H,16H2,1-4H3,(H,18,21)(H,17,19,20)/t12-/m1/s1. The third kappa shape index (κ3) is 3.46. The molecule has 6 heteroatoms. The maximum atomic E-state index is 12.3. The molecule has 112 valence electrons. The Morgan fingerprint density at radius 2 is 2.00 bits per heavy atom. The highest BCUT2D eigenvalue weighted by molar-refractivity contribution is 5.98.